The summed E-state index contributed by atoms with van der Waals surface area (Å²) in [5.74, 6) is 0.666. The molecule has 0 saturated carbocycles. The molecule has 0 aliphatic carbocycles. The molecule has 2 aromatic carbocycles. The van der Waals surface area contributed by atoms with Gasteiger partial charge in [0.15, 0.2) is 11.2 Å². The molecule has 164 valence electrons. The van der Waals surface area contributed by atoms with Crippen LogP contribution in [0.4, 0.5) is 11.6 Å². The lowest BCUT2D eigenvalue weighted by atomic mass is 10.1. The normalized spacial score (nSPS) is 13.5. The van der Waals surface area contributed by atoms with E-state index < -0.39 is 0 Å². The number of aryl methyl sites for hydroxylation is 4. The Hall–Kier alpha value is -3.32. The van der Waals surface area contributed by atoms with E-state index in [-0.39, 0.29) is 11.2 Å². The van der Waals surface area contributed by atoms with Crippen LogP contribution < -0.4 is 16.1 Å². The van der Waals surface area contributed by atoms with E-state index in [4.69, 9.17) is 16.6 Å². The van der Waals surface area contributed by atoms with Crippen LogP contribution in [0.25, 0.3) is 11.2 Å². The van der Waals surface area contributed by atoms with Crippen LogP contribution in [0.15, 0.2) is 58.1 Å². The molecule has 0 atom stereocenters. The highest BCUT2D eigenvalue weighted by Crippen LogP contribution is 2.33. The average Bonchev–Trinajstić information content (AvgIpc) is 3.20. The number of anilines is 2. The molecule has 0 N–H and O–H groups in total. The minimum absolute atomic E-state index is 0.290. The van der Waals surface area contributed by atoms with Crippen LogP contribution in [-0.2, 0) is 26.6 Å². The molecular formula is C24H24ClN5O2. The largest absolute Gasteiger partial charge is 0.332 e. The first-order valence-electron chi connectivity index (χ1n) is 10.7. The summed E-state index contributed by atoms with van der Waals surface area (Å²) < 4.78 is 4.74. The predicted molar refractivity (Wildman–Crippen MR) is 127 cm³/mol. The molecule has 32 heavy (non-hydrogen) atoms. The van der Waals surface area contributed by atoms with Crippen molar-refractivity contribution < 1.29 is 0 Å². The van der Waals surface area contributed by atoms with Gasteiger partial charge in [-0.1, -0.05) is 48.0 Å². The van der Waals surface area contributed by atoms with Gasteiger partial charge in [-0.15, -0.1) is 0 Å². The van der Waals surface area contributed by atoms with E-state index in [2.05, 4.69) is 4.90 Å². The number of benzene rings is 2. The van der Waals surface area contributed by atoms with Crippen LogP contribution in [0.2, 0.25) is 5.02 Å². The van der Waals surface area contributed by atoms with Crippen molar-refractivity contribution in [2.75, 3.05) is 11.4 Å². The lowest BCUT2D eigenvalue weighted by Crippen LogP contribution is -2.40. The molecule has 0 saturated heterocycles. The highest BCUT2D eigenvalue weighted by molar-refractivity contribution is 6.31. The lowest BCUT2D eigenvalue weighted by Gasteiger charge is -2.29. The Bertz CT molecular complexity index is 1440. The summed E-state index contributed by atoms with van der Waals surface area (Å²) in [6, 6.07) is 15.8. The van der Waals surface area contributed by atoms with Gasteiger partial charge in [-0.25, -0.2) is 4.79 Å². The first kappa shape index (κ1) is 20.6. The molecule has 0 unspecified atom stereocenters. The fourth-order valence-corrected chi connectivity index (χ4v) is 4.52. The van der Waals surface area contributed by atoms with Gasteiger partial charge in [-0.05, 0) is 43.0 Å². The van der Waals surface area contributed by atoms with Crippen LogP contribution in [-0.4, -0.2) is 25.2 Å². The molecule has 3 heterocycles. The molecular weight excluding hydrogens is 426 g/mol. The molecule has 0 spiro atoms. The SMILES string of the molecule is Cc1ccc(N2CCCn3c2nc2c3c(=O)n(CCc3ccccc3)c(=O)n2C)cc1Cl. The Morgan fingerprint density at radius 3 is 2.59 bits per heavy atom. The Morgan fingerprint density at radius 1 is 1.06 bits per heavy atom. The molecule has 7 nitrogen and oxygen atoms in total. The maximum atomic E-state index is 13.4. The van der Waals surface area contributed by atoms with E-state index in [1.807, 2.05) is 60.0 Å². The van der Waals surface area contributed by atoms with Gasteiger partial charge < -0.3 is 9.47 Å². The highest BCUT2D eigenvalue weighted by Gasteiger charge is 2.27. The minimum Gasteiger partial charge on any atom is -0.312 e. The molecule has 0 fully saturated rings. The summed E-state index contributed by atoms with van der Waals surface area (Å²) in [5.41, 5.74) is 3.25. The van der Waals surface area contributed by atoms with E-state index in [0.29, 0.717) is 41.6 Å². The van der Waals surface area contributed by atoms with Gasteiger partial charge in [0.05, 0.1) is 0 Å². The van der Waals surface area contributed by atoms with Crippen molar-refractivity contribution in [2.24, 2.45) is 7.05 Å². The number of fused-ring (bicyclic) bond motifs is 3. The average molecular weight is 450 g/mol. The first-order chi connectivity index (χ1) is 15.5. The van der Waals surface area contributed by atoms with Crippen molar-refractivity contribution in [3.8, 4) is 0 Å². The standard InChI is InChI=1S/C24H24ClN5O2/c1-16-9-10-18(15-19(16)25)28-12-6-13-29-20-21(26-23(28)29)27(2)24(32)30(22(20)31)14-11-17-7-4-3-5-8-17/h3-5,7-10,15H,6,11-14H2,1-2H3. The number of aromatic nitrogens is 4. The van der Waals surface area contributed by atoms with Crippen molar-refractivity contribution in [1.29, 1.82) is 0 Å². The minimum atomic E-state index is -0.348. The number of hydrogen-bond acceptors (Lipinski definition) is 4. The van der Waals surface area contributed by atoms with Crippen molar-refractivity contribution in [3.63, 3.8) is 0 Å². The molecule has 0 bridgehead atoms. The summed E-state index contributed by atoms with van der Waals surface area (Å²) in [7, 11) is 1.68. The van der Waals surface area contributed by atoms with Crippen LogP contribution in [0, 0.1) is 6.92 Å². The third-order valence-corrected chi connectivity index (χ3v) is 6.56. The van der Waals surface area contributed by atoms with Crippen LogP contribution in [0.5, 0.6) is 0 Å². The fraction of sp³-hybridized carbons (Fsp3) is 0.292. The highest BCUT2D eigenvalue weighted by atomic mass is 35.5. The summed E-state index contributed by atoms with van der Waals surface area (Å²) in [5, 5.41) is 0.686. The molecule has 1 aliphatic heterocycles. The molecule has 5 rings (SSSR count). The van der Waals surface area contributed by atoms with Gasteiger partial charge in [0, 0.05) is 37.4 Å². The predicted octanol–water partition coefficient (Wildman–Crippen LogP) is 3.64. The summed E-state index contributed by atoms with van der Waals surface area (Å²) in [4.78, 5) is 33.3. The Kier molecular flexibility index (Phi) is 5.13. The fourth-order valence-electron chi connectivity index (χ4n) is 4.34. The third kappa shape index (κ3) is 3.33. The van der Waals surface area contributed by atoms with Gasteiger partial charge in [-0.2, -0.15) is 4.98 Å². The number of imidazole rings is 1. The van der Waals surface area contributed by atoms with Crippen molar-refractivity contribution in [3.05, 3.63) is 85.5 Å². The second-order valence-corrected chi connectivity index (χ2v) is 8.62. The molecule has 2 aromatic heterocycles. The Labute approximate surface area is 190 Å². The number of halogens is 1. The van der Waals surface area contributed by atoms with Crippen LogP contribution in [0.3, 0.4) is 0 Å². The topological polar surface area (TPSA) is 65.1 Å². The van der Waals surface area contributed by atoms with Gasteiger partial charge >= 0.3 is 5.69 Å². The molecule has 4 aromatic rings. The first-order valence-corrected chi connectivity index (χ1v) is 11.1. The molecule has 8 heteroatoms. The van der Waals surface area contributed by atoms with Gasteiger partial charge in [0.2, 0.25) is 5.95 Å². The second-order valence-electron chi connectivity index (χ2n) is 8.21. The maximum Gasteiger partial charge on any atom is 0.332 e. The Balaban J connectivity index is 1.63. The zero-order valence-corrected chi connectivity index (χ0v) is 18.8. The van der Waals surface area contributed by atoms with Gasteiger partial charge in [0.1, 0.15) is 0 Å². The zero-order chi connectivity index (χ0) is 22.4. The molecule has 1 aliphatic rings. The second kappa shape index (κ2) is 7.98. The van der Waals surface area contributed by atoms with Crippen molar-refractivity contribution in [1.82, 2.24) is 18.7 Å². The third-order valence-electron chi connectivity index (χ3n) is 6.15. The number of rotatable bonds is 4. The van der Waals surface area contributed by atoms with E-state index in [0.717, 1.165) is 29.8 Å². The van der Waals surface area contributed by atoms with Crippen molar-refractivity contribution in [2.45, 2.75) is 32.9 Å². The zero-order valence-electron chi connectivity index (χ0n) is 18.1. The summed E-state index contributed by atoms with van der Waals surface area (Å²) in [6.07, 6.45) is 1.47. The smallest absolute Gasteiger partial charge is 0.312 e. The van der Waals surface area contributed by atoms with Crippen molar-refractivity contribution >= 4 is 34.4 Å². The lowest BCUT2D eigenvalue weighted by molar-refractivity contribution is 0.585. The Morgan fingerprint density at radius 2 is 1.84 bits per heavy atom. The van der Waals surface area contributed by atoms with Gasteiger partial charge in [0.25, 0.3) is 5.56 Å². The summed E-state index contributed by atoms with van der Waals surface area (Å²) in [6.45, 7) is 3.72. The quantitative estimate of drug-likeness (QED) is 0.477. The molecule has 0 amide bonds. The van der Waals surface area contributed by atoms with Crippen LogP contribution >= 0.6 is 11.6 Å². The van der Waals surface area contributed by atoms with Crippen LogP contribution in [0.1, 0.15) is 17.5 Å². The maximum absolute atomic E-state index is 13.4. The number of hydrogen-bond donors (Lipinski definition) is 0. The van der Waals surface area contributed by atoms with E-state index in [1.54, 1.807) is 7.05 Å². The monoisotopic (exact) mass is 449 g/mol. The summed E-state index contributed by atoms with van der Waals surface area (Å²) >= 11 is 6.36. The van der Waals surface area contributed by atoms with E-state index in [1.165, 1.54) is 9.13 Å². The number of nitrogens with zero attached hydrogens (tertiary/aromatic N) is 5. The van der Waals surface area contributed by atoms with Gasteiger partial charge in [-0.3, -0.25) is 13.9 Å². The molecule has 0 radical (unpaired) electrons. The van der Waals surface area contributed by atoms with E-state index >= 15 is 0 Å². The van der Waals surface area contributed by atoms with E-state index in [9.17, 15) is 9.59 Å².